The molecule has 2 nitrogen and oxygen atoms in total. The van der Waals surface area contributed by atoms with Crippen LogP contribution in [0.2, 0.25) is 0 Å². The zero-order valence-electron chi connectivity index (χ0n) is 13.2. The number of ether oxygens (including phenoxy) is 1. The fourth-order valence-electron chi connectivity index (χ4n) is 1.28. The molecule has 0 aliphatic heterocycles. The summed E-state index contributed by atoms with van der Waals surface area (Å²) in [5.74, 6) is -1.80. The fourth-order valence-corrected chi connectivity index (χ4v) is 1.28. The molecule has 0 aromatic carbocycles. The molecule has 1 atom stereocenters. The largest absolute Gasteiger partial charge is 0.469 e. The predicted molar refractivity (Wildman–Crippen MR) is 56.9 cm³/mol. The Bertz CT molecular complexity index is 380. The molecule has 0 N–H and O–H groups in total. The van der Waals surface area contributed by atoms with Crippen molar-refractivity contribution in [1.29, 1.82) is 0 Å². The number of esters is 1. The van der Waals surface area contributed by atoms with Crippen LogP contribution >= 0.6 is 0 Å². The summed E-state index contributed by atoms with van der Waals surface area (Å²) in [5, 5.41) is 0. The third-order valence-corrected chi connectivity index (χ3v) is 2.19. The van der Waals surface area contributed by atoms with E-state index < -0.39 is 30.0 Å². The molecule has 0 spiro atoms. The molecule has 0 aromatic heterocycles. The Morgan fingerprint density at radius 1 is 1.64 bits per heavy atom. The molecular formula is C12H20O2. The number of hydrogen-bond acceptors (Lipinski definition) is 2. The highest BCUT2D eigenvalue weighted by Crippen LogP contribution is 2.36. The zero-order valence-corrected chi connectivity index (χ0v) is 9.18. The molecule has 14 heavy (non-hydrogen) atoms. The average Bonchev–Trinajstić information content (AvgIpc) is 2.18. The molecule has 0 aromatic rings. The lowest BCUT2D eigenvalue weighted by atomic mass is 9.76. The SMILES string of the molecule is [2H]C1([2H])C=C(C(C)(C)C)C([2H])([2H])C(C(=O)OC)C1. The predicted octanol–water partition coefficient (Wildman–Crippen LogP) is 2.93. The third-order valence-electron chi connectivity index (χ3n) is 2.19. The van der Waals surface area contributed by atoms with Gasteiger partial charge in [0.25, 0.3) is 0 Å². The molecule has 1 rings (SSSR count). The number of allylic oxidation sites excluding steroid dienone is 2. The van der Waals surface area contributed by atoms with Crippen LogP contribution in [0.15, 0.2) is 11.6 Å². The highest BCUT2D eigenvalue weighted by atomic mass is 16.5. The Labute approximate surface area is 92.0 Å². The van der Waals surface area contributed by atoms with E-state index in [-0.39, 0.29) is 6.42 Å². The van der Waals surface area contributed by atoms with E-state index in [4.69, 9.17) is 5.48 Å². The first-order chi connectivity index (χ1) is 7.92. The van der Waals surface area contributed by atoms with Crippen LogP contribution in [0.4, 0.5) is 0 Å². The molecule has 80 valence electrons. The van der Waals surface area contributed by atoms with Crippen molar-refractivity contribution in [2.45, 2.75) is 39.9 Å². The number of carbonyl (C=O) groups is 1. The lowest BCUT2D eigenvalue weighted by Crippen LogP contribution is -2.23. The summed E-state index contributed by atoms with van der Waals surface area (Å²) in [5.41, 5.74) is -0.217. The average molecular weight is 200 g/mol. The molecule has 0 fully saturated rings. The molecule has 0 heterocycles. The van der Waals surface area contributed by atoms with E-state index in [2.05, 4.69) is 4.74 Å². The quantitative estimate of drug-likeness (QED) is 0.480. The van der Waals surface area contributed by atoms with Crippen LogP contribution in [0.3, 0.4) is 0 Å². The van der Waals surface area contributed by atoms with Gasteiger partial charge >= 0.3 is 5.97 Å². The molecular weight excluding hydrogens is 176 g/mol. The highest BCUT2D eigenvalue weighted by Gasteiger charge is 2.28. The molecule has 1 aliphatic rings. The molecule has 2 heteroatoms. The summed E-state index contributed by atoms with van der Waals surface area (Å²) in [6, 6.07) is 0. The van der Waals surface area contributed by atoms with Crippen LogP contribution in [-0.4, -0.2) is 13.1 Å². The first kappa shape index (κ1) is 6.65. The minimum Gasteiger partial charge on any atom is -0.469 e. The van der Waals surface area contributed by atoms with Gasteiger partial charge in [-0.05, 0) is 24.6 Å². The van der Waals surface area contributed by atoms with Crippen LogP contribution in [0.5, 0.6) is 0 Å². The minimum atomic E-state index is -1.88. The van der Waals surface area contributed by atoms with E-state index in [1.165, 1.54) is 13.2 Å². The monoisotopic (exact) mass is 200 g/mol. The molecule has 0 saturated carbocycles. The molecule has 0 bridgehead atoms. The standard InChI is InChI=1S/C12H20O2/c1-12(2,3)10-7-5-6-9(8-10)11(13)14-4/h7,9H,5-6,8H2,1-4H3/i5D2,8D2. The second kappa shape index (κ2) is 4.16. The minimum absolute atomic E-state index is 0.188. The van der Waals surface area contributed by atoms with Crippen LogP contribution in [0.1, 0.15) is 45.4 Å². The first-order valence-electron chi connectivity index (χ1n) is 6.73. The van der Waals surface area contributed by atoms with Gasteiger partial charge in [0.1, 0.15) is 0 Å². The van der Waals surface area contributed by atoms with E-state index in [0.717, 1.165) is 0 Å². The number of rotatable bonds is 1. The van der Waals surface area contributed by atoms with E-state index in [1.807, 2.05) is 20.8 Å². The second-order valence-electron chi connectivity index (χ2n) is 4.44. The van der Waals surface area contributed by atoms with Crippen LogP contribution < -0.4 is 0 Å². The van der Waals surface area contributed by atoms with Crippen molar-refractivity contribution in [3.8, 4) is 0 Å². The lowest BCUT2D eigenvalue weighted by Gasteiger charge is -2.29. The highest BCUT2D eigenvalue weighted by molar-refractivity contribution is 5.72. The number of hydrogen-bond donors (Lipinski definition) is 0. The van der Waals surface area contributed by atoms with Gasteiger partial charge in [0.15, 0.2) is 0 Å². The molecule has 0 radical (unpaired) electrons. The zero-order chi connectivity index (χ0) is 14.4. The lowest BCUT2D eigenvalue weighted by molar-refractivity contribution is -0.145. The Hall–Kier alpha value is -0.790. The van der Waals surface area contributed by atoms with Crippen molar-refractivity contribution < 1.29 is 15.0 Å². The van der Waals surface area contributed by atoms with Gasteiger partial charge in [-0.15, -0.1) is 0 Å². The molecule has 1 aliphatic carbocycles. The van der Waals surface area contributed by atoms with Crippen LogP contribution in [0, 0.1) is 11.3 Å². The third kappa shape index (κ3) is 2.60. The van der Waals surface area contributed by atoms with Crippen molar-refractivity contribution in [2.24, 2.45) is 11.3 Å². The Kier molecular flexibility index (Phi) is 1.97. The molecule has 1 unspecified atom stereocenters. The Balaban J connectivity index is 3.33. The van der Waals surface area contributed by atoms with Gasteiger partial charge in [-0.2, -0.15) is 0 Å². The molecule has 0 saturated heterocycles. The van der Waals surface area contributed by atoms with E-state index >= 15 is 0 Å². The normalized spacial score (nSPS) is 34.3. The van der Waals surface area contributed by atoms with E-state index in [9.17, 15) is 4.79 Å². The summed E-state index contributed by atoms with van der Waals surface area (Å²) in [6.45, 7) is 5.44. The number of methoxy groups -OCH3 is 1. The maximum absolute atomic E-state index is 11.7. The van der Waals surface area contributed by atoms with Crippen molar-refractivity contribution >= 4 is 5.97 Å². The van der Waals surface area contributed by atoms with Crippen LogP contribution in [-0.2, 0) is 9.53 Å². The van der Waals surface area contributed by atoms with Crippen molar-refractivity contribution in [2.75, 3.05) is 7.11 Å². The summed E-state index contributed by atoms with van der Waals surface area (Å²) >= 11 is 0. The van der Waals surface area contributed by atoms with Gasteiger partial charge in [0.05, 0.1) is 13.0 Å². The second-order valence-corrected chi connectivity index (χ2v) is 4.44. The van der Waals surface area contributed by atoms with Crippen molar-refractivity contribution in [1.82, 2.24) is 0 Å². The van der Waals surface area contributed by atoms with Gasteiger partial charge in [-0.3, -0.25) is 4.79 Å². The fraction of sp³-hybridized carbons (Fsp3) is 0.750. The maximum atomic E-state index is 11.7. The Morgan fingerprint density at radius 2 is 2.29 bits per heavy atom. The topological polar surface area (TPSA) is 26.3 Å². The van der Waals surface area contributed by atoms with Crippen molar-refractivity contribution in [3.05, 3.63) is 11.6 Å². The van der Waals surface area contributed by atoms with Gasteiger partial charge in [-0.1, -0.05) is 32.4 Å². The summed E-state index contributed by atoms with van der Waals surface area (Å²) in [4.78, 5) is 11.7. The number of carbonyl (C=O) groups excluding carboxylic acids is 1. The van der Waals surface area contributed by atoms with Crippen molar-refractivity contribution in [3.63, 3.8) is 0 Å². The summed E-state index contributed by atoms with van der Waals surface area (Å²) in [7, 11) is 1.20. The smallest absolute Gasteiger partial charge is 0.308 e. The summed E-state index contributed by atoms with van der Waals surface area (Å²) < 4.78 is 36.5. The van der Waals surface area contributed by atoms with E-state index in [1.54, 1.807) is 0 Å². The van der Waals surface area contributed by atoms with Gasteiger partial charge < -0.3 is 4.74 Å². The summed E-state index contributed by atoms with van der Waals surface area (Å²) in [6.07, 6.45) is -2.43. The Morgan fingerprint density at radius 3 is 2.79 bits per heavy atom. The van der Waals surface area contributed by atoms with Gasteiger partial charge in [0.2, 0.25) is 0 Å². The van der Waals surface area contributed by atoms with Gasteiger partial charge in [-0.25, -0.2) is 0 Å². The van der Waals surface area contributed by atoms with E-state index in [0.29, 0.717) is 5.57 Å². The molecule has 0 amide bonds. The van der Waals surface area contributed by atoms with Crippen LogP contribution in [0.25, 0.3) is 0 Å². The first-order valence-corrected chi connectivity index (χ1v) is 4.73. The maximum Gasteiger partial charge on any atom is 0.308 e. The van der Waals surface area contributed by atoms with Gasteiger partial charge in [0, 0.05) is 5.48 Å².